The molecule has 0 saturated heterocycles. The summed E-state index contributed by atoms with van der Waals surface area (Å²) in [6.07, 6.45) is 4.54. The smallest absolute Gasteiger partial charge is 0.243 e. The Hall–Kier alpha value is -2.21. The van der Waals surface area contributed by atoms with Crippen LogP contribution in [0.2, 0.25) is 5.28 Å². The number of carbonyl (C=O) groups excluding carboxylic acids is 1. The first-order valence-electron chi connectivity index (χ1n) is 7.52. The lowest BCUT2D eigenvalue weighted by atomic mass is 10.2. The zero-order valence-corrected chi connectivity index (χ0v) is 13.9. The number of aromatic nitrogens is 3. The zero-order valence-electron chi connectivity index (χ0n) is 13.1. The molecule has 0 aromatic carbocycles. The second-order valence-electron chi connectivity index (χ2n) is 5.69. The fourth-order valence-corrected chi connectivity index (χ4v) is 2.91. The van der Waals surface area contributed by atoms with E-state index in [9.17, 15) is 4.79 Å². The number of halogens is 1. The first-order valence-corrected chi connectivity index (χ1v) is 7.89. The number of nitrogens with zero attached hydrogens (tertiary/aromatic N) is 4. The molecule has 6 nitrogen and oxygen atoms in total. The van der Waals surface area contributed by atoms with E-state index in [0.29, 0.717) is 5.69 Å². The van der Waals surface area contributed by atoms with Crippen molar-refractivity contribution < 1.29 is 4.79 Å². The highest BCUT2D eigenvalue weighted by atomic mass is 35.5. The third-order valence-electron chi connectivity index (χ3n) is 3.82. The number of anilines is 2. The van der Waals surface area contributed by atoms with Gasteiger partial charge in [-0.25, -0.2) is 9.97 Å². The van der Waals surface area contributed by atoms with Gasteiger partial charge in [-0.05, 0) is 49.9 Å². The highest BCUT2D eigenvalue weighted by Gasteiger charge is 2.22. The predicted octanol–water partition coefficient (Wildman–Crippen LogP) is 2.40. The average Bonchev–Trinajstić information content (AvgIpc) is 2.96. The van der Waals surface area contributed by atoms with E-state index in [0.717, 1.165) is 42.0 Å². The van der Waals surface area contributed by atoms with Gasteiger partial charge < -0.3 is 10.2 Å². The second kappa shape index (κ2) is 6.50. The largest absolute Gasteiger partial charge is 0.350 e. The van der Waals surface area contributed by atoms with Crippen LogP contribution in [0.15, 0.2) is 18.3 Å². The van der Waals surface area contributed by atoms with Crippen LogP contribution in [-0.2, 0) is 17.6 Å². The van der Waals surface area contributed by atoms with Crippen molar-refractivity contribution in [3.8, 4) is 0 Å². The minimum atomic E-state index is -0.125. The third-order valence-corrected chi connectivity index (χ3v) is 3.99. The van der Waals surface area contributed by atoms with Crippen molar-refractivity contribution in [3.63, 3.8) is 0 Å². The number of amides is 1. The van der Waals surface area contributed by atoms with E-state index in [-0.39, 0.29) is 17.7 Å². The number of rotatable bonds is 4. The topological polar surface area (TPSA) is 71.0 Å². The van der Waals surface area contributed by atoms with Crippen LogP contribution in [0.25, 0.3) is 0 Å². The Morgan fingerprint density at radius 2 is 2.17 bits per heavy atom. The molecule has 7 heteroatoms. The molecule has 1 N–H and O–H groups in total. The van der Waals surface area contributed by atoms with E-state index in [4.69, 9.17) is 11.6 Å². The standard InChI is InChI=1S/C16H18ClN5O/c1-10-6-7-11(8-18-10)19-14(23)9-22(2)15-12-4-3-5-13(12)20-16(17)21-15/h6-8H,3-5,9H2,1-2H3,(H,19,23). The van der Waals surface area contributed by atoms with Crippen molar-refractivity contribution in [1.29, 1.82) is 0 Å². The van der Waals surface area contributed by atoms with Crippen molar-refractivity contribution in [1.82, 2.24) is 15.0 Å². The number of pyridine rings is 1. The van der Waals surface area contributed by atoms with Gasteiger partial charge in [0, 0.05) is 18.3 Å². The van der Waals surface area contributed by atoms with Crippen molar-refractivity contribution in [2.45, 2.75) is 26.2 Å². The van der Waals surface area contributed by atoms with Gasteiger partial charge in [0.1, 0.15) is 5.82 Å². The molecule has 1 aliphatic rings. The fraction of sp³-hybridized carbons (Fsp3) is 0.375. The van der Waals surface area contributed by atoms with E-state index >= 15 is 0 Å². The summed E-state index contributed by atoms with van der Waals surface area (Å²) >= 11 is 6.00. The highest BCUT2D eigenvalue weighted by Crippen LogP contribution is 2.29. The van der Waals surface area contributed by atoms with Gasteiger partial charge in [-0.3, -0.25) is 9.78 Å². The molecule has 0 radical (unpaired) electrons. The fourth-order valence-electron chi connectivity index (χ4n) is 2.73. The van der Waals surface area contributed by atoms with Gasteiger partial charge in [0.05, 0.1) is 24.1 Å². The zero-order chi connectivity index (χ0) is 16.4. The van der Waals surface area contributed by atoms with Gasteiger partial charge in [0.15, 0.2) is 0 Å². The predicted molar refractivity (Wildman–Crippen MR) is 89.9 cm³/mol. The van der Waals surface area contributed by atoms with Crippen LogP contribution in [-0.4, -0.2) is 34.5 Å². The molecule has 0 bridgehead atoms. The van der Waals surface area contributed by atoms with Gasteiger partial charge in [-0.15, -0.1) is 0 Å². The Kier molecular flexibility index (Phi) is 4.43. The summed E-state index contributed by atoms with van der Waals surface area (Å²) in [4.78, 5) is 26.8. The summed E-state index contributed by atoms with van der Waals surface area (Å²) in [6, 6.07) is 3.69. The van der Waals surface area contributed by atoms with E-state index in [2.05, 4.69) is 20.3 Å². The van der Waals surface area contributed by atoms with Crippen molar-refractivity contribution in [2.24, 2.45) is 0 Å². The SMILES string of the molecule is Cc1ccc(NC(=O)CN(C)c2nc(Cl)nc3c2CCC3)cn1. The number of fused-ring (bicyclic) bond motifs is 1. The summed E-state index contributed by atoms with van der Waals surface area (Å²) in [5, 5.41) is 3.06. The van der Waals surface area contributed by atoms with E-state index in [1.54, 1.807) is 6.20 Å². The van der Waals surface area contributed by atoms with Gasteiger partial charge in [0.2, 0.25) is 11.2 Å². The Morgan fingerprint density at radius 3 is 2.91 bits per heavy atom. The molecule has 3 rings (SSSR count). The maximum absolute atomic E-state index is 12.2. The maximum Gasteiger partial charge on any atom is 0.243 e. The molecule has 1 aliphatic carbocycles. The summed E-state index contributed by atoms with van der Waals surface area (Å²) in [5.41, 5.74) is 3.68. The summed E-state index contributed by atoms with van der Waals surface area (Å²) < 4.78 is 0. The van der Waals surface area contributed by atoms with Crippen molar-refractivity contribution in [3.05, 3.63) is 40.6 Å². The maximum atomic E-state index is 12.2. The molecular weight excluding hydrogens is 314 g/mol. The third kappa shape index (κ3) is 3.59. The molecule has 23 heavy (non-hydrogen) atoms. The van der Waals surface area contributed by atoms with Gasteiger partial charge in [0.25, 0.3) is 0 Å². The van der Waals surface area contributed by atoms with Crippen LogP contribution in [0.1, 0.15) is 23.4 Å². The molecule has 2 heterocycles. The normalized spacial score (nSPS) is 12.8. The quantitative estimate of drug-likeness (QED) is 0.871. The monoisotopic (exact) mass is 331 g/mol. The number of nitrogens with one attached hydrogen (secondary N) is 1. The van der Waals surface area contributed by atoms with Crippen LogP contribution >= 0.6 is 11.6 Å². The Bertz CT molecular complexity index is 732. The molecular formula is C16H18ClN5O. The van der Waals surface area contributed by atoms with Crippen LogP contribution in [0.5, 0.6) is 0 Å². The number of carbonyl (C=O) groups is 1. The number of hydrogen-bond acceptors (Lipinski definition) is 5. The first-order chi connectivity index (χ1) is 11.0. The minimum absolute atomic E-state index is 0.125. The molecule has 1 amide bonds. The first kappa shape index (κ1) is 15.7. The highest BCUT2D eigenvalue weighted by molar-refractivity contribution is 6.28. The molecule has 0 saturated carbocycles. The molecule has 0 unspecified atom stereocenters. The van der Waals surface area contributed by atoms with Crippen LogP contribution in [0.4, 0.5) is 11.5 Å². The summed E-state index contributed by atoms with van der Waals surface area (Å²) in [7, 11) is 1.84. The number of likely N-dealkylation sites (N-methyl/N-ethyl adjacent to an activating group) is 1. The number of hydrogen-bond donors (Lipinski definition) is 1. The van der Waals surface area contributed by atoms with Gasteiger partial charge in [-0.1, -0.05) is 0 Å². The molecule has 0 atom stereocenters. The Labute approximate surface area is 139 Å². The lowest BCUT2D eigenvalue weighted by molar-refractivity contribution is -0.114. The molecule has 0 fully saturated rings. The Balaban J connectivity index is 1.70. The van der Waals surface area contributed by atoms with Crippen LogP contribution in [0, 0.1) is 6.92 Å². The molecule has 120 valence electrons. The molecule has 2 aromatic heterocycles. The van der Waals surface area contributed by atoms with Crippen LogP contribution in [0.3, 0.4) is 0 Å². The summed E-state index contributed by atoms with van der Waals surface area (Å²) in [5.74, 6) is 0.620. The lowest BCUT2D eigenvalue weighted by Gasteiger charge is -2.20. The van der Waals surface area contributed by atoms with Crippen molar-refractivity contribution in [2.75, 3.05) is 23.8 Å². The van der Waals surface area contributed by atoms with Gasteiger partial charge >= 0.3 is 0 Å². The van der Waals surface area contributed by atoms with Crippen molar-refractivity contribution >= 4 is 29.0 Å². The molecule has 0 aliphatic heterocycles. The van der Waals surface area contributed by atoms with E-state index in [1.807, 2.05) is 31.0 Å². The number of aryl methyl sites for hydroxylation is 2. The van der Waals surface area contributed by atoms with E-state index in [1.165, 1.54) is 0 Å². The second-order valence-corrected chi connectivity index (χ2v) is 6.03. The lowest BCUT2D eigenvalue weighted by Crippen LogP contribution is -2.31. The molecule has 0 spiro atoms. The minimum Gasteiger partial charge on any atom is -0.350 e. The molecule has 2 aromatic rings. The van der Waals surface area contributed by atoms with Crippen LogP contribution < -0.4 is 10.2 Å². The summed E-state index contributed by atoms with van der Waals surface area (Å²) in [6.45, 7) is 2.09. The average molecular weight is 332 g/mol. The van der Waals surface area contributed by atoms with Gasteiger partial charge in [-0.2, -0.15) is 0 Å². The van der Waals surface area contributed by atoms with E-state index < -0.39 is 0 Å². The Morgan fingerprint density at radius 1 is 1.35 bits per heavy atom.